The molecule has 74 valence electrons. The Balaban J connectivity index is 4.03. The van der Waals surface area contributed by atoms with Crippen molar-refractivity contribution in [1.29, 1.82) is 0 Å². The molecule has 0 saturated heterocycles. The summed E-state index contributed by atoms with van der Waals surface area (Å²) in [6.07, 6.45) is 1.30. The van der Waals surface area contributed by atoms with Gasteiger partial charge < -0.3 is 4.90 Å². The molecule has 0 bridgehead atoms. The molecule has 0 rings (SSSR count). The highest BCUT2D eigenvalue weighted by Gasteiger charge is 2.19. The standard InChI is InChI=1S/C11H25N/c1-7-10(4)11(9(2)3)8-12(5)6/h9-11H,7-8H2,1-6H3/t10-,11+/m1/s1. The number of hydrogen-bond donors (Lipinski definition) is 0. The number of nitrogens with zero attached hydrogens (tertiary/aromatic N) is 1. The zero-order chi connectivity index (χ0) is 9.72. The monoisotopic (exact) mass is 171 g/mol. The Labute approximate surface area is 78.1 Å². The Hall–Kier alpha value is -0.0400. The molecule has 0 spiro atoms. The summed E-state index contributed by atoms with van der Waals surface area (Å²) in [5.74, 6) is 2.51. The molecule has 0 unspecified atom stereocenters. The Morgan fingerprint density at radius 3 is 1.83 bits per heavy atom. The lowest BCUT2D eigenvalue weighted by Gasteiger charge is -2.29. The molecule has 0 saturated carbocycles. The first-order valence-corrected chi connectivity index (χ1v) is 5.13. The minimum absolute atomic E-state index is 0.808. The van der Waals surface area contributed by atoms with Crippen LogP contribution >= 0.6 is 0 Å². The van der Waals surface area contributed by atoms with Gasteiger partial charge in [0.05, 0.1) is 0 Å². The zero-order valence-electron chi connectivity index (χ0n) is 9.59. The Morgan fingerprint density at radius 1 is 1.08 bits per heavy atom. The molecule has 0 N–H and O–H groups in total. The highest BCUT2D eigenvalue weighted by atomic mass is 15.1. The largest absolute Gasteiger partial charge is 0.309 e. The first-order valence-electron chi connectivity index (χ1n) is 5.13. The number of rotatable bonds is 5. The molecule has 0 aromatic carbocycles. The lowest BCUT2D eigenvalue weighted by Crippen LogP contribution is -2.29. The van der Waals surface area contributed by atoms with E-state index in [0.717, 1.165) is 17.8 Å². The van der Waals surface area contributed by atoms with Crippen LogP contribution in [0.25, 0.3) is 0 Å². The average molecular weight is 171 g/mol. The minimum Gasteiger partial charge on any atom is -0.309 e. The summed E-state index contributed by atoms with van der Waals surface area (Å²) in [5, 5.41) is 0. The van der Waals surface area contributed by atoms with Crippen LogP contribution in [0.15, 0.2) is 0 Å². The fourth-order valence-electron chi connectivity index (χ4n) is 1.77. The van der Waals surface area contributed by atoms with Gasteiger partial charge in [-0.25, -0.2) is 0 Å². The molecule has 0 amide bonds. The summed E-state index contributed by atoms with van der Waals surface area (Å²) in [5.41, 5.74) is 0. The molecule has 0 aromatic rings. The van der Waals surface area contributed by atoms with E-state index in [0.29, 0.717) is 0 Å². The van der Waals surface area contributed by atoms with Crippen LogP contribution < -0.4 is 0 Å². The van der Waals surface area contributed by atoms with Crippen molar-refractivity contribution in [3.05, 3.63) is 0 Å². The van der Waals surface area contributed by atoms with Crippen molar-refractivity contribution in [2.24, 2.45) is 17.8 Å². The minimum atomic E-state index is 0.808. The van der Waals surface area contributed by atoms with E-state index in [-0.39, 0.29) is 0 Å². The number of hydrogen-bond acceptors (Lipinski definition) is 1. The zero-order valence-corrected chi connectivity index (χ0v) is 9.59. The topological polar surface area (TPSA) is 3.24 Å². The van der Waals surface area contributed by atoms with Crippen molar-refractivity contribution in [2.45, 2.75) is 34.1 Å². The molecule has 1 nitrogen and oxygen atoms in total. The highest BCUT2D eigenvalue weighted by molar-refractivity contribution is 4.70. The van der Waals surface area contributed by atoms with Crippen LogP contribution in [0, 0.1) is 17.8 Å². The van der Waals surface area contributed by atoms with Gasteiger partial charge in [-0.2, -0.15) is 0 Å². The summed E-state index contributed by atoms with van der Waals surface area (Å²) in [7, 11) is 4.33. The highest BCUT2D eigenvalue weighted by Crippen LogP contribution is 2.23. The smallest absolute Gasteiger partial charge is 0.000855 e. The summed E-state index contributed by atoms with van der Waals surface area (Å²) in [6, 6.07) is 0. The van der Waals surface area contributed by atoms with Crippen molar-refractivity contribution < 1.29 is 0 Å². The molecule has 12 heavy (non-hydrogen) atoms. The van der Waals surface area contributed by atoms with Crippen LogP contribution in [-0.2, 0) is 0 Å². The summed E-state index contributed by atoms with van der Waals surface area (Å²) in [6.45, 7) is 10.6. The van der Waals surface area contributed by atoms with Crippen molar-refractivity contribution in [2.75, 3.05) is 20.6 Å². The summed E-state index contributed by atoms with van der Waals surface area (Å²) >= 11 is 0. The first-order chi connectivity index (χ1) is 5.49. The van der Waals surface area contributed by atoms with Crippen LogP contribution in [0.4, 0.5) is 0 Å². The third kappa shape index (κ3) is 4.10. The fraction of sp³-hybridized carbons (Fsp3) is 1.00. The molecular weight excluding hydrogens is 146 g/mol. The Bertz CT molecular complexity index is 108. The second-order valence-electron chi connectivity index (χ2n) is 4.56. The second-order valence-corrected chi connectivity index (χ2v) is 4.56. The van der Waals surface area contributed by atoms with Crippen LogP contribution in [0.1, 0.15) is 34.1 Å². The van der Waals surface area contributed by atoms with Crippen LogP contribution in [0.3, 0.4) is 0 Å². The van der Waals surface area contributed by atoms with E-state index in [2.05, 4.69) is 46.7 Å². The molecule has 0 aliphatic heterocycles. The van der Waals surface area contributed by atoms with Gasteiger partial charge in [0.15, 0.2) is 0 Å². The van der Waals surface area contributed by atoms with Crippen LogP contribution in [0.5, 0.6) is 0 Å². The maximum Gasteiger partial charge on any atom is 0.000855 e. The van der Waals surface area contributed by atoms with Crippen molar-refractivity contribution in [3.8, 4) is 0 Å². The molecule has 0 fully saturated rings. The molecule has 0 aliphatic carbocycles. The molecular formula is C11H25N. The van der Waals surface area contributed by atoms with Gasteiger partial charge in [-0.1, -0.05) is 34.1 Å². The van der Waals surface area contributed by atoms with Crippen molar-refractivity contribution >= 4 is 0 Å². The van der Waals surface area contributed by atoms with Crippen LogP contribution in [0.2, 0.25) is 0 Å². The van der Waals surface area contributed by atoms with Gasteiger partial charge in [0.1, 0.15) is 0 Å². The quantitative estimate of drug-likeness (QED) is 0.615. The fourth-order valence-corrected chi connectivity index (χ4v) is 1.77. The second kappa shape index (κ2) is 5.58. The van der Waals surface area contributed by atoms with E-state index < -0.39 is 0 Å². The van der Waals surface area contributed by atoms with E-state index >= 15 is 0 Å². The van der Waals surface area contributed by atoms with Gasteiger partial charge in [0, 0.05) is 6.54 Å². The molecule has 2 atom stereocenters. The van der Waals surface area contributed by atoms with E-state index in [1.807, 2.05) is 0 Å². The van der Waals surface area contributed by atoms with Gasteiger partial charge >= 0.3 is 0 Å². The van der Waals surface area contributed by atoms with Crippen molar-refractivity contribution in [3.63, 3.8) is 0 Å². The molecule has 0 radical (unpaired) electrons. The maximum atomic E-state index is 2.37. The van der Waals surface area contributed by atoms with E-state index in [1.165, 1.54) is 13.0 Å². The van der Waals surface area contributed by atoms with Gasteiger partial charge in [0.2, 0.25) is 0 Å². The lowest BCUT2D eigenvalue weighted by atomic mass is 9.83. The van der Waals surface area contributed by atoms with E-state index in [1.54, 1.807) is 0 Å². The maximum absolute atomic E-state index is 2.37. The molecule has 0 aliphatic rings. The Morgan fingerprint density at radius 2 is 1.58 bits per heavy atom. The van der Waals surface area contributed by atoms with Gasteiger partial charge in [-0.05, 0) is 31.8 Å². The lowest BCUT2D eigenvalue weighted by molar-refractivity contribution is 0.198. The van der Waals surface area contributed by atoms with E-state index in [4.69, 9.17) is 0 Å². The first kappa shape index (κ1) is 12.0. The van der Waals surface area contributed by atoms with Gasteiger partial charge in [0.25, 0.3) is 0 Å². The summed E-state index contributed by atoms with van der Waals surface area (Å²) < 4.78 is 0. The average Bonchev–Trinajstić information content (AvgIpc) is 1.98. The third-order valence-corrected chi connectivity index (χ3v) is 2.81. The summed E-state index contributed by atoms with van der Waals surface area (Å²) in [4.78, 5) is 2.30. The molecule has 0 aromatic heterocycles. The Kier molecular flexibility index (Phi) is 5.56. The van der Waals surface area contributed by atoms with Crippen molar-refractivity contribution in [1.82, 2.24) is 4.90 Å². The SMILES string of the molecule is CC[C@@H](C)[C@@H](CN(C)C)C(C)C. The van der Waals surface area contributed by atoms with Crippen LogP contribution in [-0.4, -0.2) is 25.5 Å². The van der Waals surface area contributed by atoms with Gasteiger partial charge in [-0.3, -0.25) is 0 Å². The van der Waals surface area contributed by atoms with E-state index in [9.17, 15) is 0 Å². The predicted molar refractivity (Wildman–Crippen MR) is 56.3 cm³/mol. The molecule has 1 heteroatoms. The van der Waals surface area contributed by atoms with Gasteiger partial charge in [-0.15, -0.1) is 0 Å². The third-order valence-electron chi connectivity index (χ3n) is 2.81. The normalized spacial score (nSPS) is 17.0. The predicted octanol–water partition coefficient (Wildman–Crippen LogP) is 2.87. The molecule has 0 heterocycles.